The SMILES string of the molecule is COc1ccc(-c2ccc3nc(N4CCC(C(=O)OC(C)(C)C)CC4)nc(-c4ccc(C#N)c(F)c4)c3c2)cc1F. The molecule has 3 aromatic carbocycles. The van der Waals surface area contributed by atoms with Gasteiger partial charge >= 0.3 is 5.97 Å². The van der Waals surface area contributed by atoms with Gasteiger partial charge in [0.15, 0.2) is 11.6 Å². The number of benzene rings is 3. The lowest BCUT2D eigenvalue weighted by Gasteiger charge is -2.32. The molecule has 0 spiro atoms. The summed E-state index contributed by atoms with van der Waals surface area (Å²) in [5, 5.41) is 9.86. The minimum Gasteiger partial charge on any atom is -0.494 e. The number of carbonyl (C=O) groups excluding carboxylic acids is 1. The molecule has 9 heteroatoms. The highest BCUT2D eigenvalue weighted by Gasteiger charge is 2.30. The van der Waals surface area contributed by atoms with E-state index in [9.17, 15) is 18.8 Å². The highest BCUT2D eigenvalue weighted by atomic mass is 19.1. The van der Waals surface area contributed by atoms with Gasteiger partial charge in [-0.3, -0.25) is 4.79 Å². The lowest BCUT2D eigenvalue weighted by atomic mass is 9.96. The van der Waals surface area contributed by atoms with E-state index in [1.807, 2.05) is 49.9 Å². The Bertz CT molecular complexity index is 1670. The lowest BCUT2D eigenvalue weighted by Crippen LogP contribution is -2.39. The van der Waals surface area contributed by atoms with E-state index < -0.39 is 17.2 Å². The number of carbonyl (C=O) groups is 1. The number of esters is 1. The van der Waals surface area contributed by atoms with Crippen LogP contribution in [0.3, 0.4) is 0 Å². The molecule has 1 aliphatic rings. The zero-order valence-corrected chi connectivity index (χ0v) is 23.4. The van der Waals surface area contributed by atoms with E-state index in [0.29, 0.717) is 59.6 Å². The Hall–Kier alpha value is -4.58. The molecule has 1 aromatic heterocycles. The van der Waals surface area contributed by atoms with E-state index in [1.54, 1.807) is 18.2 Å². The Morgan fingerprint density at radius 3 is 2.24 bits per heavy atom. The van der Waals surface area contributed by atoms with Gasteiger partial charge in [0.2, 0.25) is 5.95 Å². The summed E-state index contributed by atoms with van der Waals surface area (Å²) in [6.45, 7) is 6.67. The molecule has 2 heterocycles. The summed E-state index contributed by atoms with van der Waals surface area (Å²) in [5.74, 6) is -0.932. The number of halogens is 2. The summed E-state index contributed by atoms with van der Waals surface area (Å²) in [7, 11) is 1.41. The zero-order chi connectivity index (χ0) is 29.3. The van der Waals surface area contributed by atoms with Crippen molar-refractivity contribution in [1.82, 2.24) is 9.97 Å². The molecule has 0 radical (unpaired) electrons. The van der Waals surface area contributed by atoms with Gasteiger partial charge in [0, 0.05) is 24.0 Å². The molecule has 1 saturated heterocycles. The number of hydrogen-bond donors (Lipinski definition) is 0. The fourth-order valence-corrected chi connectivity index (χ4v) is 4.96. The number of aromatic nitrogens is 2. The molecule has 0 atom stereocenters. The Labute approximate surface area is 237 Å². The molecular formula is C32H30F2N4O3. The van der Waals surface area contributed by atoms with E-state index in [-0.39, 0.29) is 23.2 Å². The number of rotatable bonds is 5. The fourth-order valence-electron chi connectivity index (χ4n) is 4.96. The molecule has 4 aromatic rings. The maximum Gasteiger partial charge on any atom is 0.309 e. The number of fused-ring (bicyclic) bond motifs is 1. The standard InChI is InChI=1S/C32H30F2N4O3/c1-32(2,3)41-30(39)19-11-13-38(14-12-19)31-36-27-9-7-20(21-8-10-28(40-4)26(34)16-21)15-24(27)29(37-31)22-5-6-23(18-35)25(33)17-22/h5-10,15-17,19H,11-14H2,1-4H3. The topological polar surface area (TPSA) is 88.3 Å². The Morgan fingerprint density at radius 2 is 1.61 bits per heavy atom. The quantitative estimate of drug-likeness (QED) is 0.253. The smallest absolute Gasteiger partial charge is 0.309 e. The van der Waals surface area contributed by atoms with Crippen molar-refractivity contribution in [1.29, 1.82) is 5.26 Å². The van der Waals surface area contributed by atoms with Crippen LogP contribution in [0.2, 0.25) is 0 Å². The summed E-state index contributed by atoms with van der Waals surface area (Å²) in [6, 6.07) is 16.5. The van der Waals surface area contributed by atoms with Crippen LogP contribution < -0.4 is 9.64 Å². The van der Waals surface area contributed by atoms with Crippen LogP contribution in [-0.4, -0.2) is 41.7 Å². The van der Waals surface area contributed by atoms with Gasteiger partial charge in [0.25, 0.3) is 0 Å². The van der Waals surface area contributed by atoms with Gasteiger partial charge in [-0.05, 0) is 81.1 Å². The third-order valence-corrected chi connectivity index (χ3v) is 7.05. The maximum atomic E-state index is 14.7. The van der Waals surface area contributed by atoms with Crippen molar-refractivity contribution in [2.75, 3.05) is 25.1 Å². The Morgan fingerprint density at radius 1 is 0.951 bits per heavy atom. The van der Waals surface area contributed by atoms with Gasteiger partial charge in [-0.2, -0.15) is 5.26 Å². The van der Waals surface area contributed by atoms with Gasteiger partial charge in [0.1, 0.15) is 17.5 Å². The Balaban J connectivity index is 1.54. The van der Waals surface area contributed by atoms with Crippen LogP contribution >= 0.6 is 0 Å². The molecule has 1 fully saturated rings. The minimum atomic E-state index is -0.648. The fraction of sp³-hybridized carbons (Fsp3) is 0.312. The van der Waals surface area contributed by atoms with Crippen LogP contribution in [0, 0.1) is 28.9 Å². The van der Waals surface area contributed by atoms with Crippen LogP contribution in [0.5, 0.6) is 5.75 Å². The van der Waals surface area contributed by atoms with E-state index in [1.165, 1.54) is 25.3 Å². The first kappa shape index (κ1) is 28.0. The van der Waals surface area contributed by atoms with Crippen molar-refractivity contribution in [3.05, 3.63) is 71.8 Å². The van der Waals surface area contributed by atoms with Crippen LogP contribution in [0.1, 0.15) is 39.2 Å². The second kappa shape index (κ2) is 11.1. The summed E-state index contributed by atoms with van der Waals surface area (Å²) in [5.41, 5.74) is 2.35. The monoisotopic (exact) mass is 556 g/mol. The van der Waals surface area contributed by atoms with Crippen LogP contribution in [-0.2, 0) is 9.53 Å². The molecule has 0 unspecified atom stereocenters. The van der Waals surface area contributed by atoms with Gasteiger partial charge in [0.05, 0.1) is 29.8 Å². The zero-order valence-electron chi connectivity index (χ0n) is 23.4. The predicted octanol–water partition coefficient (Wildman–Crippen LogP) is 6.68. The first-order chi connectivity index (χ1) is 19.6. The molecule has 41 heavy (non-hydrogen) atoms. The first-order valence-electron chi connectivity index (χ1n) is 13.4. The van der Waals surface area contributed by atoms with Crippen LogP contribution in [0.25, 0.3) is 33.3 Å². The summed E-state index contributed by atoms with van der Waals surface area (Å²) < 4.78 is 39.8. The number of hydrogen-bond acceptors (Lipinski definition) is 7. The Kier molecular flexibility index (Phi) is 7.59. The molecule has 0 saturated carbocycles. The summed E-state index contributed by atoms with van der Waals surface area (Å²) in [6.07, 6.45) is 1.19. The van der Waals surface area contributed by atoms with Gasteiger partial charge in [-0.1, -0.05) is 18.2 Å². The van der Waals surface area contributed by atoms with Crippen molar-refractivity contribution in [3.8, 4) is 34.2 Å². The molecular weight excluding hydrogens is 526 g/mol. The number of nitriles is 1. The van der Waals surface area contributed by atoms with Gasteiger partial charge in [-0.25, -0.2) is 18.7 Å². The van der Waals surface area contributed by atoms with Crippen molar-refractivity contribution < 1.29 is 23.0 Å². The van der Waals surface area contributed by atoms with Crippen molar-refractivity contribution >= 4 is 22.8 Å². The average molecular weight is 557 g/mol. The molecule has 0 aliphatic carbocycles. The normalized spacial score (nSPS) is 14.1. The van der Waals surface area contributed by atoms with Crippen LogP contribution in [0.4, 0.5) is 14.7 Å². The molecule has 210 valence electrons. The van der Waals surface area contributed by atoms with E-state index in [2.05, 4.69) is 0 Å². The van der Waals surface area contributed by atoms with Crippen molar-refractivity contribution in [2.45, 2.75) is 39.2 Å². The van der Waals surface area contributed by atoms with Crippen molar-refractivity contribution in [2.24, 2.45) is 5.92 Å². The van der Waals surface area contributed by atoms with Gasteiger partial charge in [-0.15, -0.1) is 0 Å². The summed E-state index contributed by atoms with van der Waals surface area (Å²) in [4.78, 5) is 24.3. The van der Waals surface area contributed by atoms with E-state index in [4.69, 9.17) is 19.4 Å². The molecule has 5 rings (SSSR count). The largest absolute Gasteiger partial charge is 0.494 e. The minimum absolute atomic E-state index is 0.0639. The highest BCUT2D eigenvalue weighted by Crippen LogP contribution is 2.34. The maximum absolute atomic E-state index is 14.7. The second-order valence-corrected chi connectivity index (χ2v) is 11.1. The third kappa shape index (κ3) is 5.97. The van der Waals surface area contributed by atoms with E-state index >= 15 is 0 Å². The van der Waals surface area contributed by atoms with E-state index in [0.717, 1.165) is 5.56 Å². The average Bonchev–Trinajstić information content (AvgIpc) is 2.95. The summed E-state index contributed by atoms with van der Waals surface area (Å²) >= 11 is 0. The number of nitrogens with zero attached hydrogens (tertiary/aromatic N) is 4. The van der Waals surface area contributed by atoms with Crippen molar-refractivity contribution in [3.63, 3.8) is 0 Å². The lowest BCUT2D eigenvalue weighted by molar-refractivity contribution is -0.160. The first-order valence-corrected chi connectivity index (χ1v) is 13.4. The number of piperidine rings is 1. The molecule has 0 amide bonds. The van der Waals surface area contributed by atoms with Gasteiger partial charge < -0.3 is 14.4 Å². The third-order valence-electron chi connectivity index (χ3n) is 7.05. The van der Waals surface area contributed by atoms with Crippen LogP contribution in [0.15, 0.2) is 54.6 Å². The predicted molar refractivity (Wildman–Crippen MR) is 152 cm³/mol. The number of methoxy groups -OCH3 is 1. The molecule has 7 nitrogen and oxygen atoms in total. The molecule has 0 N–H and O–H groups in total. The molecule has 1 aliphatic heterocycles. The second-order valence-electron chi connectivity index (χ2n) is 11.1. The molecule has 0 bridgehead atoms. The number of anilines is 1. The highest BCUT2D eigenvalue weighted by molar-refractivity contribution is 5.96. The number of ether oxygens (including phenoxy) is 2.